The maximum atomic E-state index is 11.6. The Morgan fingerprint density at radius 3 is 2.50 bits per heavy atom. The Morgan fingerprint density at radius 1 is 1.05 bits per heavy atom. The van der Waals surface area contributed by atoms with E-state index in [1.807, 2.05) is 37.3 Å². The second kappa shape index (κ2) is 8.18. The van der Waals surface area contributed by atoms with Crippen LogP contribution in [0.3, 0.4) is 0 Å². The molecule has 0 N–H and O–H groups in total. The molecule has 0 saturated carbocycles. The third kappa shape index (κ3) is 4.32. The van der Waals surface area contributed by atoms with Crippen LogP contribution < -0.4 is 4.74 Å². The maximum Gasteiger partial charge on any atom is 0.132 e. The fourth-order valence-electron chi connectivity index (χ4n) is 2.39. The summed E-state index contributed by atoms with van der Waals surface area (Å²) in [5, 5.41) is 0. The van der Waals surface area contributed by atoms with E-state index in [-0.39, 0.29) is 5.78 Å². The van der Waals surface area contributed by atoms with Crippen LogP contribution in [0.2, 0.25) is 0 Å². The Morgan fingerprint density at radius 2 is 1.82 bits per heavy atom. The number of ketones is 1. The molecule has 0 radical (unpaired) electrons. The van der Waals surface area contributed by atoms with E-state index in [2.05, 4.69) is 30.4 Å². The van der Waals surface area contributed by atoms with Gasteiger partial charge in [-0.1, -0.05) is 61.5 Å². The van der Waals surface area contributed by atoms with Crippen molar-refractivity contribution in [1.29, 1.82) is 0 Å². The number of methoxy groups -OCH3 is 1. The highest BCUT2D eigenvalue weighted by Gasteiger charge is 2.09. The van der Waals surface area contributed by atoms with E-state index >= 15 is 0 Å². The van der Waals surface area contributed by atoms with E-state index in [0.29, 0.717) is 19.3 Å². The predicted molar refractivity (Wildman–Crippen MR) is 92.0 cm³/mol. The van der Waals surface area contributed by atoms with Crippen molar-refractivity contribution in [2.75, 3.05) is 7.11 Å². The van der Waals surface area contributed by atoms with E-state index in [1.54, 1.807) is 7.11 Å². The van der Waals surface area contributed by atoms with Gasteiger partial charge in [-0.25, -0.2) is 0 Å². The number of benzene rings is 2. The molecule has 0 aliphatic rings. The van der Waals surface area contributed by atoms with Gasteiger partial charge in [-0.2, -0.15) is 0 Å². The van der Waals surface area contributed by atoms with Gasteiger partial charge in [0.05, 0.1) is 7.11 Å². The first-order valence-corrected chi connectivity index (χ1v) is 7.65. The van der Waals surface area contributed by atoms with Crippen LogP contribution >= 0.6 is 0 Å². The predicted octanol–water partition coefficient (Wildman–Crippen LogP) is 4.78. The maximum absolute atomic E-state index is 11.6. The highest BCUT2D eigenvalue weighted by atomic mass is 16.5. The molecule has 114 valence electrons. The molecule has 0 saturated heterocycles. The largest absolute Gasteiger partial charge is 0.496 e. The SMILES string of the molecule is CCC(=O)CCc1c(/C=C/c2ccccc2)cccc1OC. The number of carbonyl (C=O) groups excluding carboxylic acids is 1. The van der Waals surface area contributed by atoms with Crippen molar-refractivity contribution in [3.05, 3.63) is 65.2 Å². The number of hydrogen-bond donors (Lipinski definition) is 0. The minimum Gasteiger partial charge on any atom is -0.496 e. The van der Waals surface area contributed by atoms with Gasteiger partial charge in [-0.3, -0.25) is 4.79 Å². The van der Waals surface area contributed by atoms with Gasteiger partial charge in [0.1, 0.15) is 11.5 Å². The van der Waals surface area contributed by atoms with Crippen molar-refractivity contribution in [3.8, 4) is 5.75 Å². The third-order valence-corrected chi connectivity index (χ3v) is 3.69. The van der Waals surface area contributed by atoms with Crippen molar-refractivity contribution in [1.82, 2.24) is 0 Å². The van der Waals surface area contributed by atoms with Crippen LogP contribution in [0.15, 0.2) is 48.5 Å². The first kappa shape index (κ1) is 16.0. The van der Waals surface area contributed by atoms with Crippen LogP contribution in [0.4, 0.5) is 0 Å². The standard InChI is InChI=1S/C20H22O2/c1-3-18(21)14-15-19-17(10-7-11-20(19)22-2)13-12-16-8-5-4-6-9-16/h4-13H,3,14-15H2,1-2H3/b13-12+. The number of Topliss-reactive ketones (excluding diaryl/α,β-unsaturated/α-hetero) is 1. The molecule has 0 bridgehead atoms. The molecule has 0 heterocycles. The van der Waals surface area contributed by atoms with Gasteiger partial charge in [0.25, 0.3) is 0 Å². The van der Waals surface area contributed by atoms with E-state index in [4.69, 9.17) is 4.74 Å². The monoisotopic (exact) mass is 294 g/mol. The van der Waals surface area contributed by atoms with Crippen LogP contribution in [0, 0.1) is 0 Å². The lowest BCUT2D eigenvalue weighted by Crippen LogP contribution is -2.01. The van der Waals surface area contributed by atoms with Gasteiger partial charge in [-0.05, 0) is 23.6 Å². The summed E-state index contributed by atoms with van der Waals surface area (Å²) in [6, 6.07) is 16.2. The number of carbonyl (C=O) groups is 1. The van der Waals surface area contributed by atoms with E-state index in [1.165, 1.54) is 0 Å². The summed E-state index contributed by atoms with van der Waals surface area (Å²) in [5.41, 5.74) is 3.35. The molecule has 2 heteroatoms. The smallest absolute Gasteiger partial charge is 0.132 e. The zero-order chi connectivity index (χ0) is 15.8. The van der Waals surface area contributed by atoms with E-state index in [9.17, 15) is 4.79 Å². The summed E-state index contributed by atoms with van der Waals surface area (Å²) in [5.74, 6) is 1.13. The van der Waals surface area contributed by atoms with Crippen molar-refractivity contribution >= 4 is 17.9 Å². The van der Waals surface area contributed by atoms with Crippen LogP contribution in [-0.4, -0.2) is 12.9 Å². The Kier molecular flexibility index (Phi) is 5.96. The van der Waals surface area contributed by atoms with Crippen LogP contribution in [-0.2, 0) is 11.2 Å². The fourth-order valence-corrected chi connectivity index (χ4v) is 2.39. The van der Waals surface area contributed by atoms with Crippen molar-refractivity contribution in [3.63, 3.8) is 0 Å². The average molecular weight is 294 g/mol. The molecule has 0 aliphatic heterocycles. The molecule has 0 amide bonds. The zero-order valence-corrected chi connectivity index (χ0v) is 13.2. The molecule has 0 aromatic heterocycles. The van der Waals surface area contributed by atoms with Gasteiger partial charge in [0, 0.05) is 18.4 Å². The third-order valence-electron chi connectivity index (χ3n) is 3.69. The molecule has 0 fully saturated rings. The Labute approximate surface area is 132 Å². The lowest BCUT2D eigenvalue weighted by molar-refractivity contribution is -0.118. The van der Waals surface area contributed by atoms with Crippen LogP contribution in [0.25, 0.3) is 12.2 Å². The molecular weight excluding hydrogens is 272 g/mol. The number of hydrogen-bond acceptors (Lipinski definition) is 2. The van der Waals surface area contributed by atoms with Gasteiger partial charge in [0.2, 0.25) is 0 Å². The topological polar surface area (TPSA) is 26.3 Å². The van der Waals surface area contributed by atoms with Crippen molar-refractivity contribution in [2.24, 2.45) is 0 Å². The quantitative estimate of drug-likeness (QED) is 0.687. The van der Waals surface area contributed by atoms with E-state index in [0.717, 1.165) is 22.4 Å². The Bertz CT molecular complexity index is 642. The molecule has 0 aliphatic carbocycles. The zero-order valence-electron chi connectivity index (χ0n) is 13.2. The molecule has 2 aromatic carbocycles. The summed E-state index contributed by atoms with van der Waals surface area (Å²) >= 11 is 0. The molecule has 2 rings (SSSR count). The second-order valence-corrected chi connectivity index (χ2v) is 5.16. The Hall–Kier alpha value is -2.35. The first-order chi connectivity index (χ1) is 10.7. The summed E-state index contributed by atoms with van der Waals surface area (Å²) in [4.78, 5) is 11.6. The van der Waals surface area contributed by atoms with Gasteiger partial charge < -0.3 is 4.74 Å². The second-order valence-electron chi connectivity index (χ2n) is 5.16. The van der Waals surface area contributed by atoms with Gasteiger partial charge >= 0.3 is 0 Å². The lowest BCUT2D eigenvalue weighted by atomic mass is 9.99. The molecule has 0 spiro atoms. The van der Waals surface area contributed by atoms with Crippen LogP contribution in [0.1, 0.15) is 36.5 Å². The van der Waals surface area contributed by atoms with Gasteiger partial charge in [-0.15, -0.1) is 0 Å². The highest BCUT2D eigenvalue weighted by molar-refractivity contribution is 5.79. The molecule has 0 atom stereocenters. The van der Waals surface area contributed by atoms with Crippen molar-refractivity contribution in [2.45, 2.75) is 26.2 Å². The normalized spacial score (nSPS) is 10.8. The Balaban J connectivity index is 2.26. The molecule has 22 heavy (non-hydrogen) atoms. The minimum absolute atomic E-state index is 0.281. The average Bonchev–Trinajstić information content (AvgIpc) is 2.58. The number of rotatable bonds is 7. The highest BCUT2D eigenvalue weighted by Crippen LogP contribution is 2.25. The summed E-state index contributed by atoms with van der Waals surface area (Å²) in [6.45, 7) is 1.90. The summed E-state index contributed by atoms with van der Waals surface area (Å²) < 4.78 is 5.46. The minimum atomic E-state index is 0.281. The molecular formula is C20H22O2. The fraction of sp³-hybridized carbons (Fsp3) is 0.250. The van der Waals surface area contributed by atoms with Crippen molar-refractivity contribution < 1.29 is 9.53 Å². The summed E-state index contributed by atoms with van der Waals surface area (Å²) in [6.07, 6.45) is 6.03. The summed E-state index contributed by atoms with van der Waals surface area (Å²) in [7, 11) is 1.67. The molecule has 2 nitrogen and oxygen atoms in total. The molecule has 2 aromatic rings. The molecule has 0 unspecified atom stereocenters. The van der Waals surface area contributed by atoms with Gasteiger partial charge in [0.15, 0.2) is 0 Å². The number of ether oxygens (including phenoxy) is 1. The lowest BCUT2D eigenvalue weighted by Gasteiger charge is -2.11. The van der Waals surface area contributed by atoms with E-state index < -0.39 is 0 Å². The first-order valence-electron chi connectivity index (χ1n) is 7.65. The van der Waals surface area contributed by atoms with Crippen LogP contribution in [0.5, 0.6) is 5.75 Å².